The number of hydrogen-bond donors (Lipinski definition) is 1. The van der Waals surface area contributed by atoms with Crippen molar-refractivity contribution in [1.82, 2.24) is 4.90 Å². The topological polar surface area (TPSA) is 70.1 Å². The number of amides is 1. The molecule has 2 N–H and O–H groups in total. The molecule has 1 amide bonds. The zero-order chi connectivity index (χ0) is 18.5. The normalized spacial score (nSPS) is 24.9. The van der Waals surface area contributed by atoms with Gasteiger partial charge in [0.05, 0.1) is 11.6 Å². The summed E-state index contributed by atoms with van der Waals surface area (Å²) < 4.78 is 0. The first-order chi connectivity index (χ1) is 11.6. The van der Waals surface area contributed by atoms with Crippen molar-refractivity contribution in [3.63, 3.8) is 0 Å². The number of carbonyl (C=O) groups is 1. The summed E-state index contributed by atoms with van der Waals surface area (Å²) in [7, 11) is 0. The molecule has 1 aromatic carbocycles. The van der Waals surface area contributed by atoms with Crippen LogP contribution in [0.2, 0.25) is 0 Å². The molecule has 1 aromatic rings. The van der Waals surface area contributed by atoms with Crippen molar-refractivity contribution in [2.24, 2.45) is 16.6 Å². The predicted octanol–water partition coefficient (Wildman–Crippen LogP) is 3.77. The third kappa shape index (κ3) is 3.30. The summed E-state index contributed by atoms with van der Waals surface area (Å²) in [5.74, 6) is -0.301. The van der Waals surface area contributed by atoms with E-state index >= 15 is 0 Å². The van der Waals surface area contributed by atoms with Gasteiger partial charge in [0.2, 0.25) is 5.91 Å². The second-order valence-electron chi connectivity index (χ2n) is 9.57. The SMILES string of the molecule is CC1(C)CC(C)(C)CC2(CCN2C(C(N)=O)c2ccc(C#N)cc2)C1. The molecule has 2 fully saturated rings. The van der Waals surface area contributed by atoms with Crippen LogP contribution in [0.1, 0.15) is 70.5 Å². The molecule has 1 aliphatic carbocycles. The van der Waals surface area contributed by atoms with Gasteiger partial charge in [0.1, 0.15) is 6.04 Å². The van der Waals surface area contributed by atoms with E-state index in [9.17, 15) is 4.79 Å². The Kier molecular flexibility index (Phi) is 4.20. The number of rotatable bonds is 3. The maximum absolute atomic E-state index is 12.4. The highest BCUT2D eigenvalue weighted by Crippen LogP contribution is 2.58. The van der Waals surface area contributed by atoms with Gasteiger partial charge in [-0.1, -0.05) is 39.8 Å². The van der Waals surface area contributed by atoms with Crippen LogP contribution in [-0.4, -0.2) is 22.9 Å². The number of carbonyl (C=O) groups excluding carboxylic acids is 1. The summed E-state index contributed by atoms with van der Waals surface area (Å²) in [5.41, 5.74) is 7.90. The van der Waals surface area contributed by atoms with Crippen molar-refractivity contribution in [2.75, 3.05) is 6.54 Å². The average molecular weight is 339 g/mol. The molecule has 25 heavy (non-hydrogen) atoms. The van der Waals surface area contributed by atoms with Gasteiger partial charge in [0.25, 0.3) is 0 Å². The van der Waals surface area contributed by atoms with Crippen LogP contribution in [0, 0.1) is 22.2 Å². The Balaban J connectivity index is 1.95. The lowest BCUT2D eigenvalue weighted by Gasteiger charge is -2.63. The largest absolute Gasteiger partial charge is 0.368 e. The zero-order valence-electron chi connectivity index (χ0n) is 15.8. The second-order valence-corrected chi connectivity index (χ2v) is 9.57. The molecule has 3 rings (SSSR count). The molecule has 1 saturated carbocycles. The minimum atomic E-state index is -0.411. The molecular formula is C21H29N3O. The van der Waals surface area contributed by atoms with E-state index in [0.717, 1.165) is 31.4 Å². The van der Waals surface area contributed by atoms with Gasteiger partial charge in [0, 0.05) is 12.1 Å². The van der Waals surface area contributed by atoms with Crippen LogP contribution >= 0.6 is 0 Å². The summed E-state index contributed by atoms with van der Waals surface area (Å²) in [6, 6.07) is 9.01. The lowest BCUT2D eigenvalue weighted by atomic mass is 9.54. The second kappa shape index (κ2) is 5.85. The average Bonchev–Trinajstić information content (AvgIpc) is 2.48. The molecule has 0 radical (unpaired) electrons. The first-order valence-corrected chi connectivity index (χ1v) is 9.14. The molecule has 1 heterocycles. The first kappa shape index (κ1) is 17.9. The van der Waals surface area contributed by atoms with Crippen molar-refractivity contribution in [2.45, 2.75) is 65.0 Å². The summed E-state index contributed by atoms with van der Waals surface area (Å²) in [6.45, 7) is 10.3. The fourth-order valence-corrected chi connectivity index (χ4v) is 5.84. The van der Waals surface area contributed by atoms with E-state index < -0.39 is 6.04 Å². The Labute approximate surface area is 151 Å². The monoisotopic (exact) mass is 339 g/mol. The number of primary amides is 1. The molecule has 1 spiro atoms. The Morgan fingerprint density at radius 1 is 1.12 bits per heavy atom. The Bertz CT molecular complexity index is 696. The molecule has 1 saturated heterocycles. The molecule has 2 aliphatic rings. The number of hydrogen-bond acceptors (Lipinski definition) is 3. The molecule has 0 bridgehead atoms. The molecule has 4 nitrogen and oxygen atoms in total. The van der Waals surface area contributed by atoms with E-state index in [1.807, 2.05) is 12.1 Å². The highest BCUT2D eigenvalue weighted by molar-refractivity contribution is 5.81. The van der Waals surface area contributed by atoms with Gasteiger partial charge in [-0.15, -0.1) is 0 Å². The van der Waals surface area contributed by atoms with Gasteiger partial charge >= 0.3 is 0 Å². The molecule has 4 heteroatoms. The van der Waals surface area contributed by atoms with E-state index in [-0.39, 0.29) is 22.3 Å². The van der Waals surface area contributed by atoms with Gasteiger partial charge < -0.3 is 5.73 Å². The number of nitriles is 1. The van der Waals surface area contributed by atoms with Crippen LogP contribution in [0.3, 0.4) is 0 Å². The van der Waals surface area contributed by atoms with Crippen molar-refractivity contribution in [3.05, 3.63) is 35.4 Å². The molecule has 1 unspecified atom stereocenters. The quantitative estimate of drug-likeness (QED) is 0.911. The van der Waals surface area contributed by atoms with Crippen LogP contribution in [0.4, 0.5) is 0 Å². The predicted molar refractivity (Wildman–Crippen MR) is 98.6 cm³/mol. The van der Waals surface area contributed by atoms with Crippen molar-refractivity contribution >= 4 is 5.91 Å². The van der Waals surface area contributed by atoms with Gasteiger partial charge in [-0.2, -0.15) is 5.26 Å². The Morgan fingerprint density at radius 3 is 2.08 bits per heavy atom. The van der Waals surface area contributed by atoms with Gasteiger partial charge in [0.15, 0.2) is 0 Å². The van der Waals surface area contributed by atoms with E-state index in [2.05, 4.69) is 38.7 Å². The van der Waals surface area contributed by atoms with E-state index in [1.54, 1.807) is 12.1 Å². The van der Waals surface area contributed by atoms with E-state index in [4.69, 9.17) is 11.0 Å². The summed E-state index contributed by atoms with van der Waals surface area (Å²) in [5, 5.41) is 9.00. The fourth-order valence-electron chi connectivity index (χ4n) is 5.84. The highest BCUT2D eigenvalue weighted by Gasteiger charge is 2.56. The lowest BCUT2D eigenvalue weighted by Crippen LogP contribution is -2.67. The van der Waals surface area contributed by atoms with Gasteiger partial charge in [-0.25, -0.2) is 0 Å². The van der Waals surface area contributed by atoms with Crippen molar-refractivity contribution in [1.29, 1.82) is 5.26 Å². The number of benzene rings is 1. The van der Waals surface area contributed by atoms with Gasteiger partial charge in [-0.05, 0) is 54.2 Å². The molecular weight excluding hydrogens is 310 g/mol. The van der Waals surface area contributed by atoms with Crippen molar-refractivity contribution < 1.29 is 4.79 Å². The summed E-state index contributed by atoms with van der Waals surface area (Å²) >= 11 is 0. The smallest absolute Gasteiger partial charge is 0.239 e. The third-order valence-electron chi connectivity index (χ3n) is 5.94. The number of nitrogens with zero attached hydrogens (tertiary/aromatic N) is 2. The Hall–Kier alpha value is -1.86. The van der Waals surface area contributed by atoms with Crippen LogP contribution in [-0.2, 0) is 4.79 Å². The first-order valence-electron chi connectivity index (χ1n) is 9.14. The maximum atomic E-state index is 12.4. The minimum Gasteiger partial charge on any atom is -0.368 e. The van der Waals surface area contributed by atoms with Crippen LogP contribution in [0.25, 0.3) is 0 Å². The minimum absolute atomic E-state index is 0.0544. The third-order valence-corrected chi connectivity index (χ3v) is 5.94. The van der Waals surface area contributed by atoms with Crippen molar-refractivity contribution in [3.8, 4) is 6.07 Å². The lowest BCUT2D eigenvalue weighted by molar-refractivity contribution is -0.151. The fraction of sp³-hybridized carbons (Fsp3) is 0.619. The Morgan fingerprint density at radius 2 is 1.68 bits per heavy atom. The summed E-state index contributed by atoms with van der Waals surface area (Å²) in [6.07, 6.45) is 4.53. The van der Waals surface area contributed by atoms with Crippen LogP contribution in [0.15, 0.2) is 24.3 Å². The van der Waals surface area contributed by atoms with Crippen LogP contribution in [0.5, 0.6) is 0 Å². The molecule has 1 atom stereocenters. The standard InChI is InChI=1S/C21H29N3O/c1-19(2)12-20(3,4)14-21(13-19)9-10-24(21)17(18(23)25)16-7-5-15(11-22)6-8-16/h5-8,17H,9-10,12-14H2,1-4H3,(H2,23,25). The van der Waals surface area contributed by atoms with Crippen LogP contribution < -0.4 is 5.73 Å². The maximum Gasteiger partial charge on any atom is 0.239 e. The van der Waals surface area contributed by atoms with E-state index in [1.165, 1.54) is 6.42 Å². The highest BCUT2D eigenvalue weighted by atomic mass is 16.1. The molecule has 1 aliphatic heterocycles. The molecule has 134 valence electrons. The van der Waals surface area contributed by atoms with E-state index in [0.29, 0.717) is 5.56 Å². The number of nitrogens with two attached hydrogens (primary N) is 1. The number of likely N-dealkylation sites (tertiary alicyclic amines) is 1. The molecule has 0 aromatic heterocycles. The summed E-state index contributed by atoms with van der Waals surface area (Å²) in [4.78, 5) is 14.7. The zero-order valence-corrected chi connectivity index (χ0v) is 15.8. The van der Waals surface area contributed by atoms with Gasteiger partial charge in [-0.3, -0.25) is 9.69 Å².